The van der Waals surface area contributed by atoms with Crippen molar-refractivity contribution in [2.24, 2.45) is 5.73 Å². The summed E-state index contributed by atoms with van der Waals surface area (Å²) in [5, 5.41) is 6.35. The van der Waals surface area contributed by atoms with Gasteiger partial charge in [0.05, 0.1) is 40.6 Å². The first-order valence-corrected chi connectivity index (χ1v) is 11.2. The van der Waals surface area contributed by atoms with E-state index in [2.05, 4.69) is 25.6 Å². The van der Waals surface area contributed by atoms with Crippen LogP contribution in [0, 0.1) is 0 Å². The Bertz CT molecular complexity index is 1000. The number of benzene rings is 2. The molecule has 3 aromatic rings. The van der Waals surface area contributed by atoms with Crippen LogP contribution in [0.5, 0.6) is 23.3 Å². The van der Waals surface area contributed by atoms with Crippen molar-refractivity contribution in [3.63, 3.8) is 0 Å². The number of nitrogens with zero attached hydrogens (tertiary/aromatic N) is 3. The zero-order valence-corrected chi connectivity index (χ0v) is 20.0. The lowest BCUT2D eigenvalue weighted by Crippen LogP contribution is -2.16. The lowest BCUT2D eigenvalue weighted by Gasteiger charge is -2.12. The molecular weight excluding hydrogens is 452 g/mol. The number of para-hydroxylation sites is 1. The first kappa shape index (κ1) is 25.9. The van der Waals surface area contributed by atoms with Crippen molar-refractivity contribution in [3.05, 3.63) is 54.1 Å². The Morgan fingerprint density at radius 2 is 1.40 bits per heavy atom. The fourth-order valence-corrected chi connectivity index (χ4v) is 2.94. The second kappa shape index (κ2) is 14.6. The van der Waals surface area contributed by atoms with Gasteiger partial charge in [0.15, 0.2) is 0 Å². The molecule has 11 heteroatoms. The Hall–Kier alpha value is -3.67. The molecule has 188 valence electrons. The molecule has 0 unspecified atom stereocenters. The van der Waals surface area contributed by atoms with Gasteiger partial charge in [-0.05, 0) is 29.8 Å². The van der Waals surface area contributed by atoms with Gasteiger partial charge in [-0.25, -0.2) is 0 Å². The quantitative estimate of drug-likeness (QED) is 0.259. The van der Waals surface area contributed by atoms with Crippen molar-refractivity contribution in [3.8, 4) is 23.3 Å². The largest absolute Gasteiger partial charge is 0.497 e. The van der Waals surface area contributed by atoms with Crippen molar-refractivity contribution in [1.29, 1.82) is 0 Å². The van der Waals surface area contributed by atoms with E-state index >= 15 is 0 Å². The van der Waals surface area contributed by atoms with E-state index in [0.29, 0.717) is 75.2 Å². The summed E-state index contributed by atoms with van der Waals surface area (Å²) < 4.78 is 27.3. The highest BCUT2D eigenvalue weighted by molar-refractivity contribution is 5.42. The number of methoxy groups -OCH3 is 2. The van der Waals surface area contributed by atoms with Crippen LogP contribution in [0.3, 0.4) is 0 Å². The maximum Gasteiger partial charge on any atom is 0.328 e. The van der Waals surface area contributed by atoms with Crippen LogP contribution in [0.4, 0.5) is 11.9 Å². The summed E-state index contributed by atoms with van der Waals surface area (Å²) in [5.74, 6) is 2.72. The molecule has 35 heavy (non-hydrogen) atoms. The summed E-state index contributed by atoms with van der Waals surface area (Å²) in [6.45, 7) is 3.40. The molecule has 11 nitrogen and oxygen atoms in total. The van der Waals surface area contributed by atoms with Gasteiger partial charge < -0.3 is 40.1 Å². The normalized spacial score (nSPS) is 10.6. The number of anilines is 2. The standard InChI is InChI=1S/C24H32N6O5/c1-31-20-14-18(15-21(16-20)32-2)17-27-23-28-22(26-9-11-34-13-12-33-10-8-25)29-24(30-23)35-19-6-4-3-5-7-19/h3-7,14-16H,8-13,17,25H2,1-2H3,(H2,26,27,28,29,30). The number of nitrogens with two attached hydrogens (primary N) is 1. The van der Waals surface area contributed by atoms with Gasteiger partial charge in [-0.2, -0.15) is 15.0 Å². The molecule has 0 atom stereocenters. The highest BCUT2D eigenvalue weighted by Crippen LogP contribution is 2.24. The Kier molecular flexibility index (Phi) is 10.8. The number of aromatic nitrogens is 3. The highest BCUT2D eigenvalue weighted by Gasteiger charge is 2.10. The number of rotatable bonds is 16. The molecule has 0 fully saturated rings. The van der Waals surface area contributed by atoms with Crippen molar-refractivity contribution < 1.29 is 23.7 Å². The van der Waals surface area contributed by atoms with Crippen LogP contribution >= 0.6 is 0 Å². The highest BCUT2D eigenvalue weighted by atomic mass is 16.5. The van der Waals surface area contributed by atoms with Crippen molar-refractivity contribution in [2.75, 3.05) is 64.4 Å². The van der Waals surface area contributed by atoms with E-state index in [1.165, 1.54) is 0 Å². The van der Waals surface area contributed by atoms with Crippen LogP contribution in [0.1, 0.15) is 5.56 Å². The maximum absolute atomic E-state index is 5.83. The molecule has 0 aliphatic heterocycles. The average Bonchev–Trinajstić information content (AvgIpc) is 2.89. The van der Waals surface area contributed by atoms with E-state index < -0.39 is 0 Å². The van der Waals surface area contributed by atoms with Crippen LogP contribution in [0.25, 0.3) is 0 Å². The molecule has 1 heterocycles. The van der Waals surface area contributed by atoms with Crippen LogP contribution in [-0.4, -0.2) is 68.7 Å². The van der Waals surface area contributed by atoms with Gasteiger partial charge in [0.25, 0.3) is 0 Å². The maximum atomic E-state index is 5.83. The molecule has 3 rings (SSSR count). The molecule has 4 N–H and O–H groups in total. The minimum atomic E-state index is 0.163. The van der Waals surface area contributed by atoms with Gasteiger partial charge >= 0.3 is 6.01 Å². The Morgan fingerprint density at radius 3 is 2.06 bits per heavy atom. The molecule has 0 bridgehead atoms. The summed E-state index contributed by atoms with van der Waals surface area (Å²) in [5.41, 5.74) is 6.32. The average molecular weight is 485 g/mol. The third-order valence-electron chi connectivity index (χ3n) is 4.59. The molecule has 1 aromatic heterocycles. The SMILES string of the molecule is COc1cc(CNc2nc(NCCOCCOCCN)nc(Oc3ccccc3)n2)cc(OC)c1. The van der Waals surface area contributed by atoms with Crippen molar-refractivity contribution in [1.82, 2.24) is 15.0 Å². The summed E-state index contributed by atoms with van der Waals surface area (Å²) in [7, 11) is 3.22. The lowest BCUT2D eigenvalue weighted by atomic mass is 10.2. The summed E-state index contributed by atoms with van der Waals surface area (Å²) in [6, 6.07) is 15.1. The predicted octanol–water partition coefficient (Wildman–Crippen LogP) is 2.70. The summed E-state index contributed by atoms with van der Waals surface area (Å²) in [4.78, 5) is 13.2. The monoisotopic (exact) mass is 484 g/mol. The van der Waals surface area contributed by atoms with Crippen LogP contribution < -0.4 is 30.6 Å². The van der Waals surface area contributed by atoms with E-state index in [-0.39, 0.29) is 6.01 Å². The molecule has 0 aliphatic carbocycles. The second-order valence-electron chi connectivity index (χ2n) is 7.19. The fourth-order valence-electron chi connectivity index (χ4n) is 2.94. The summed E-state index contributed by atoms with van der Waals surface area (Å²) >= 11 is 0. The second-order valence-corrected chi connectivity index (χ2v) is 7.19. The van der Waals surface area contributed by atoms with E-state index in [9.17, 15) is 0 Å². The van der Waals surface area contributed by atoms with E-state index in [0.717, 1.165) is 5.56 Å². The molecule has 0 spiro atoms. The number of ether oxygens (including phenoxy) is 5. The third-order valence-corrected chi connectivity index (χ3v) is 4.59. The number of hydrogen-bond donors (Lipinski definition) is 3. The zero-order valence-electron chi connectivity index (χ0n) is 20.0. The smallest absolute Gasteiger partial charge is 0.328 e. The van der Waals surface area contributed by atoms with Gasteiger partial charge in [0.1, 0.15) is 17.2 Å². The lowest BCUT2D eigenvalue weighted by molar-refractivity contribution is 0.0547. The first-order chi connectivity index (χ1) is 17.2. The molecule has 0 amide bonds. The molecule has 0 radical (unpaired) electrons. The van der Waals surface area contributed by atoms with Gasteiger partial charge in [-0.1, -0.05) is 18.2 Å². The van der Waals surface area contributed by atoms with E-state index in [1.54, 1.807) is 14.2 Å². The topological polar surface area (TPSA) is 135 Å². The first-order valence-electron chi connectivity index (χ1n) is 11.2. The Balaban J connectivity index is 1.64. The van der Waals surface area contributed by atoms with Gasteiger partial charge in [0.2, 0.25) is 11.9 Å². The van der Waals surface area contributed by atoms with E-state index in [1.807, 2.05) is 48.5 Å². The number of nitrogens with one attached hydrogen (secondary N) is 2. The van der Waals surface area contributed by atoms with Crippen LogP contribution in [-0.2, 0) is 16.0 Å². The minimum Gasteiger partial charge on any atom is -0.497 e. The summed E-state index contributed by atoms with van der Waals surface area (Å²) in [6.07, 6.45) is 0. The Morgan fingerprint density at radius 1 is 0.743 bits per heavy atom. The number of hydrogen-bond acceptors (Lipinski definition) is 11. The molecule has 0 aliphatic rings. The molecule has 0 saturated carbocycles. The van der Waals surface area contributed by atoms with Crippen LogP contribution in [0.15, 0.2) is 48.5 Å². The zero-order chi connectivity index (χ0) is 24.7. The molecule has 2 aromatic carbocycles. The molecular formula is C24H32N6O5. The third kappa shape index (κ3) is 9.24. The molecule has 0 saturated heterocycles. The van der Waals surface area contributed by atoms with E-state index in [4.69, 9.17) is 29.4 Å². The van der Waals surface area contributed by atoms with Crippen LogP contribution in [0.2, 0.25) is 0 Å². The van der Waals surface area contributed by atoms with Gasteiger partial charge in [-0.3, -0.25) is 0 Å². The van der Waals surface area contributed by atoms with Crippen molar-refractivity contribution >= 4 is 11.9 Å². The van der Waals surface area contributed by atoms with Crippen molar-refractivity contribution in [2.45, 2.75) is 6.54 Å². The minimum absolute atomic E-state index is 0.163. The van der Waals surface area contributed by atoms with Gasteiger partial charge in [-0.15, -0.1) is 0 Å². The Labute approximate surface area is 204 Å². The van der Waals surface area contributed by atoms with Gasteiger partial charge in [0, 0.05) is 25.7 Å². The predicted molar refractivity (Wildman–Crippen MR) is 132 cm³/mol. The fraction of sp³-hybridized carbons (Fsp3) is 0.375.